The maximum atomic E-state index is 6.32. The lowest BCUT2D eigenvalue weighted by molar-refractivity contribution is 0.0218. The molecule has 0 aromatic heterocycles. The van der Waals surface area contributed by atoms with Crippen molar-refractivity contribution >= 4 is 10.8 Å². The Balaban J connectivity index is 1.12. The lowest BCUT2D eigenvalue weighted by Crippen LogP contribution is -2.36. The number of aryl methyl sites for hydroxylation is 1. The van der Waals surface area contributed by atoms with Gasteiger partial charge in [-0.2, -0.15) is 0 Å². The molecular formula is C44H43NO. The highest BCUT2D eigenvalue weighted by molar-refractivity contribution is 5.87. The van der Waals surface area contributed by atoms with Crippen LogP contribution in [0.5, 0.6) is 0 Å². The third-order valence-corrected chi connectivity index (χ3v) is 9.88. The number of ether oxygens (including phenoxy) is 1. The van der Waals surface area contributed by atoms with E-state index in [-0.39, 0.29) is 6.10 Å². The third-order valence-electron chi connectivity index (χ3n) is 9.88. The lowest BCUT2D eigenvalue weighted by atomic mass is 9.79. The molecular weight excluding hydrogens is 558 g/mol. The Morgan fingerprint density at radius 2 is 1.26 bits per heavy atom. The van der Waals surface area contributed by atoms with Gasteiger partial charge in [0.2, 0.25) is 0 Å². The van der Waals surface area contributed by atoms with Gasteiger partial charge in [0.25, 0.3) is 0 Å². The molecule has 7 rings (SSSR count). The molecule has 0 aliphatic heterocycles. The minimum absolute atomic E-state index is 0.0896. The molecule has 0 heterocycles. The van der Waals surface area contributed by atoms with Crippen molar-refractivity contribution in [1.29, 1.82) is 0 Å². The Labute approximate surface area is 274 Å². The van der Waals surface area contributed by atoms with Gasteiger partial charge in [0.15, 0.2) is 0 Å². The molecule has 0 fully saturated rings. The Morgan fingerprint density at radius 1 is 0.652 bits per heavy atom. The van der Waals surface area contributed by atoms with Gasteiger partial charge in [-0.15, -0.1) is 0 Å². The summed E-state index contributed by atoms with van der Waals surface area (Å²) in [7, 11) is 1.90. The molecule has 0 radical (unpaired) electrons. The van der Waals surface area contributed by atoms with Crippen molar-refractivity contribution in [3.8, 4) is 11.1 Å². The van der Waals surface area contributed by atoms with Crippen LogP contribution in [0.4, 0.5) is 0 Å². The van der Waals surface area contributed by atoms with Gasteiger partial charge in [-0.1, -0.05) is 146 Å². The second-order valence-corrected chi connectivity index (χ2v) is 12.8. The molecule has 230 valence electrons. The summed E-state index contributed by atoms with van der Waals surface area (Å²) >= 11 is 0. The Bertz CT molecular complexity index is 1810. The monoisotopic (exact) mass is 601 g/mol. The van der Waals surface area contributed by atoms with Gasteiger partial charge in [0, 0.05) is 32.0 Å². The van der Waals surface area contributed by atoms with Crippen LogP contribution in [0, 0.1) is 5.92 Å². The third kappa shape index (κ3) is 6.84. The summed E-state index contributed by atoms with van der Waals surface area (Å²) < 4.78 is 6.32. The zero-order valence-corrected chi connectivity index (χ0v) is 26.8. The molecule has 2 atom stereocenters. The van der Waals surface area contributed by atoms with Crippen LogP contribution < -0.4 is 0 Å². The van der Waals surface area contributed by atoms with E-state index >= 15 is 0 Å². The van der Waals surface area contributed by atoms with Gasteiger partial charge in [0.05, 0.1) is 6.10 Å². The van der Waals surface area contributed by atoms with Crippen molar-refractivity contribution in [2.24, 2.45) is 5.92 Å². The standard InChI is InChI=1S/C44H43NO/c1-46-44-41(24-23-40-30-39(25-26-43(40)44)38-22-21-34-15-11-12-20-37(34)29-38)32-45(31-33-13-5-2-6-14-33)28-27-42(35-16-7-3-8-17-35)36-18-9-4-10-19-36/h2-22,25-26,29-30,41-42,44H,23-24,27-28,31-32H2,1H3. The highest BCUT2D eigenvalue weighted by atomic mass is 16.5. The van der Waals surface area contributed by atoms with E-state index in [2.05, 4.69) is 157 Å². The van der Waals surface area contributed by atoms with E-state index < -0.39 is 0 Å². The molecule has 0 spiro atoms. The number of rotatable bonds is 11. The number of hydrogen-bond acceptors (Lipinski definition) is 2. The van der Waals surface area contributed by atoms with Crippen LogP contribution in [0.15, 0.2) is 152 Å². The number of benzene rings is 6. The zero-order valence-electron chi connectivity index (χ0n) is 26.8. The molecule has 46 heavy (non-hydrogen) atoms. The van der Waals surface area contributed by atoms with Gasteiger partial charge >= 0.3 is 0 Å². The molecule has 2 heteroatoms. The highest BCUT2D eigenvalue weighted by Crippen LogP contribution is 2.40. The largest absolute Gasteiger partial charge is 0.376 e. The average molecular weight is 602 g/mol. The van der Waals surface area contributed by atoms with Crippen LogP contribution in [0.2, 0.25) is 0 Å². The van der Waals surface area contributed by atoms with E-state index in [1.54, 1.807) is 0 Å². The highest BCUT2D eigenvalue weighted by Gasteiger charge is 2.31. The molecule has 0 N–H and O–H groups in total. The maximum absolute atomic E-state index is 6.32. The molecule has 0 saturated heterocycles. The van der Waals surface area contributed by atoms with Crippen molar-refractivity contribution in [3.63, 3.8) is 0 Å². The van der Waals surface area contributed by atoms with Crippen LogP contribution >= 0.6 is 0 Å². The van der Waals surface area contributed by atoms with Crippen LogP contribution in [-0.2, 0) is 17.7 Å². The number of methoxy groups -OCH3 is 1. The molecule has 2 unspecified atom stereocenters. The van der Waals surface area contributed by atoms with Crippen molar-refractivity contribution in [2.45, 2.75) is 37.8 Å². The fourth-order valence-corrected chi connectivity index (χ4v) is 7.52. The predicted molar refractivity (Wildman–Crippen MR) is 192 cm³/mol. The molecule has 6 aromatic rings. The SMILES string of the molecule is COC1c2ccc(-c3ccc4ccccc4c3)cc2CCC1CN(CCC(c1ccccc1)c1ccccc1)Cc1ccccc1. The normalized spacial score (nSPS) is 16.2. The summed E-state index contributed by atoms with van der Waals surface area (Å²) in [5.41, 5.74) is 9.48. The van der Waals surface area contributed by atoms with E-state index in [0.29, 0.717) is 11.8 Å². The first-order valence-electron chi connectivity index (χ1n) is 16.8. The average Bonchev–Trinajstić information content (AvgIpc) is 3.12. The van der Waals surface area contributed by atoms with Gasteiger partial charge in [-0.25, -0.2) is 0 Å². The van der Waals surface area contributed by atoms with E-state index in [9.17, 15) is 0 Å². The molecule has 0 amide bonds. The first kappa shape index (κ1) is 30.2. The van der Waals surface area contributed by atoms with Gasteiger partial charge in [-0.05, 0) is 81.6 Å². The Morgan fingerprint density at radius 3 is 1.96 bits per heavy atom. The summed E-state index contributed by atoms with van der Waals surface area (Å²) in [6, 6.07) is 55.4. The van der Waals surface area contributed by atoms with Gasteiger partial charge in [0.1, 0.15) is 0 Å². The van der Waals surface area contributed by atoms with Crippen molar-refractivity contribution < 1.29 is 4.74 Å². The predicted octanol–water partition coefficient (Wildman–Crippen LogP) is 10.5. The van der Waals surface area contributed by atoms with Crippen LogP contribution in [0.3, 0.4) is 0 Å². The van der Waals surface area contributed by atoms with Crippen molar-refractivity contribution in [2.75, 3.05) is 20.2 Å². The van der Waals surface area contributed by atoms with Gasteiger partial charge in [-0.3, -0.25) is 4.90 Å². The lowest BCUT2D eigenvalue weighted by Gasteiger charge is -2.37. The molecule has 0 saturated carbocycles. The van der Waals surface area contributed by atoms with Crippen molar-refractivity contribution in [1.82, 2.24) is 4.90 Å². The fraction of sp³-hybridized carbons (Fsp3) is 0.227. The fourth-order valence-electron chi connectivity index (χ4n) is 7.52. The first-order valence-corrected chi connectivity index (χ1v) is 16.8. The summed E-state index contributed by atoms with van der Waals surface area (Å²) in [4.78, 5) is 2.68. The van der Waals surface area contributed by atoms with Crippen LogP contribution in [0.1, 0.15) is 52.7 Å². The number of nitrogens with zero attached hydrogens (tertiary/aromatic N) is 1. The quantitative estimate of drug-likeness (QED) is 0.146. The molecule has 2 nitrogen and oxygen atoms in total. The smallest absolute Gasteiger partial charge is 0.0864 e. The minimum Gasteiger partial charge on any atom is -0.376 e. The Kier molecular flexibility index (Phi) is 9.37. The molecule has 6 aromatic carbocycles. The summed E-state index contributed by atoms with van der Waals surface area (Å²) in [5.74, 6) is 0.791. The van der Waals surface area contributed by atoms with E-state index in [1.807, 2.05) is 7.11 Å². The Hall–Kier alpha value is -4.50. The van der Waals surface area contributed by atoms with E-state index in [1.165, 1.54) is 49.7 Å². The minimum atomic E-state index is 0.0896. The maximum Gasteiger partial charge on any atom is 0.0864 e. The van der Waals surface area contributed by atoms with Crippen molar-refractivity contribution in [3.05, 3.63) is 179 Å². The molecule has 1 aliphatic carbocycles. The van der Waals surface area contributed by atoms with Crippen LogP contribution in [-0.4, -0.2) is 25.1 Å². The summed E-state index contributed by atoms with van der Waals surface area (Å²) in [6.07, 6.45) is 3.36. The molecule has 0 bridgehead atoms. The number of hydrogen-bond donors (Lipinski definition) is 0. The summed E-state index contributed by atoms with van der Waals surface area (Å²) in [6.45, 7) is 2.97. The van der Waals surface area contributed by atoms with Crippen LogP contribution in [0.25, 0.3) is 21.9 Å². The zero-order chi connectivity index (χ0) is 31.1. The van der Waals surface area contributed by atoms with E-state index in [0.717, 1.165) is 38.9 Å². The second-order valence-electron chi connectivity index (χ2n) is 12.8. The number of fused-ring (bicyclic) bond motifs is 2. The second kappa shape index (κ2) is 14.3. The van der Waals surface area contributed by atoms with Gasteiger partial charge < -0.3 is 4.74 Å². The molecule has 1 aliphatic rings. The topological polar surface area (TPSA) is 12.5 Å². The first-order chi connectivity index (χ1) is 22.7. The summed E-state index contributed by atoms with van der Waals surface area (Å²) in [5, 5.41) is 2.57. The van der Waals surface area contributed by atoms with E-state index in [4.69, 9.17) is 4.74 Å².